The van der Waals surface area contributed by atoms with E-state index in [0.717, 1.165) is 34.6 Å². The van der Waals surface area contributed by atoms with E-state index in [9.17, 15) is 4.79 Å². The predicted octanol–water partition coefficient (Wildman–Crippen LogP) is 3.40. The van der Waals surface area contributed by atoms with E-state index in [2.05, 4.69) is 31.2 Å². The number of carbonyl (C=O) groups excluding carboxylic acids is 1. The number of aromatic nitrogens is 2. The largest absolute Gasteiger partial charge is 0.361 e. The van der Waals surface area contributed by atoms with Crippen molar-refractivity contribution in [3.05, 3.63) is 46.8 Å². The van der Waals surface area contributed by atoms with E-state index >= 15 is 0 Å². The average Bonchev–Trinajstić information content (AvgIpc) is 2.79. The highest BCUT2D eigenvalue weighted by molar-refractivity contribution is 6.01. The highest BCUT2D eigenvalue weighted by atomic mass is 16.2. The summed E-state index contributed by atoms with van der Waals surface area (Å²) in [5.41, 5.74) is 4.77. The zero-order chi connectivity index (χ0) is 16.7. The molecule has 1 aromatic heterocycles. The Bertz CT molecular complexity index is 749. The van der Waals surface area contributed by atoms with Gasteiger partial charge in [-0.1, -0.05) is 19.1 Å². The van der Waals surface area contributed by atoms with E-state index < -0.39 is 0 Å². The summed E-state index contributed by atoms with van der Waals surface area (Å²) in [5, 5.41) is 8.08. The molecule has 0 aliphatic carbocycles. The van der Waals surface area contributed by atoms with Crippen LogP contribution >= 0.6 is 0 Å². The summed E-state index contributed by atoms with van der Waals surface area (Å²) in [4.78, 5) is 15.0. The summed E-state index contributed by atoms with van der Waals surface area (Å²) in [5.74, 6) is 0.0846. The van der Waals surface area contributed by atoms with Crippen molar-refractivity contribution >= 4 is 11.6 Å². The number of amides is 1. The van der Waals surface area contributed by atoms with Gasteiger partial charge < -0.3 is 10.2 Å². The van der Waals surface area contributed by atoms with Crippen molar-refractivity contribution in [3.8, 4) is 0 Å². The Balaban J connectivity index is 2.15. The first-order chi connectivity index (χ1) is 11.0. The van der Waals surface area contributed by atoms with E-state index in [4.69, 9.17) is 0 Å². The standard InChI is InChI=1S/C18H24N4O/c1-6-11(2)22-17(16-12(3)20-21(5)13(16)4)19-15-10-8-7-9-14(15)18(22)23/h7-11,17,19H,6H2,1-5H3/t11-,17+/m0/s1. The summed E-state index contributed by atoms with van der Waals surface area (Å²) < 4.78 is 1.88. The van der Waals surface area contributed by atoms with Crippen LogP contribution in [0.3, 0.4) is 0 Å². The summed E-state index contributed by atoms with van der Waals surface area (Å²) in [7, 11) is 1.94. The van der Waals surface area contributed by atoms with Gasteiger partial charge in [0.2, 0.25) is 0 Å². The molecule has 23 heavy (non-hydrogen) atoms. The maximum Gasteiger partial charge on any atom is 0.258 e. The molecule has 0 bridgehead atoms. The van der Waals surface area contributed by atoms with Gasteiger partial charge in [0.25, 0.3) is 5.91 Å². The zero-order valence-electron chi connectivity index (χ0n) is 14.4. The SMILES string of the molecule is CC[C@H](C)N1C(=O)c2ccccc2N[C@H]1c1c(C)nn(C)c1C. The third-order valence-corrected chi connectivity index (χ3v) is 4.87. The second kappa shape index (κ2) is 5.72. The van der Waals surface area contributed by atoms with Gasteiger partial charge in [0.05, 0.1) is 11.3 Å². The van der Waals surface area contributed by atoms with Crippen LogP contribution in [-0.4, -0.2) is 26.6 Å². The molecule has 1 aromatic carbocycles. The van der Waals surface area contributed by atoms with Crippen LogP contribution in [0.25, 0.3) is 0 Å². The lowest BCUT2D eigenvalue weighted by molar-refractivity contribution is 0.0592. The van der Waals surface area contributed by atoms with Crippen molar-refractivity contribution < 1.29 is 4.79 Å². The molecular formula is C18H24N4O. The van der Waals surface area contributed by atoms with Crippen LogP contribution in [0.2, 0.25) is 0 Å². The average molecular weight is 312 g/mol. The van der Waals surface area contributed by atoms with Crippen molar-refractivity contribution in [3.63, 3.8) is 0 Å². The molecule has 0 fully saturated rings. The first-order valence-electron chi connectivity index (χ1n) is 8.14. The molecule has 3 rings (SSSR count). The molecule has 2 atom stereocenters. The van der Waals surface area contributed by atoms with E-state index in [-0.39, 0.29) is 18.1 Å². The minimum atomic E-state index is -0.180. The quantitative estimate of drug-likeness (QED) is 0.945. The van der Waals surface area contributed by atoms with Gasteiger partial charge in [-0.25, -0.2) is 0 Å². The monoisotopic (exact) mass is 312 g/mol. The Morgan fingerprint density at radius 2 is 2.00 bits per heavy atom. The molecule has 0 saturated carbocycles. The highest BCUT2D eigenvalue weighted by Crippen LogP contribution is 2.37. The number of aryl methyl sites for hydroxylation is 2. The molecular weight excluding hydrogens is 288 g/mol. The van der Waals surface area contributed by atoms with Gasteiger partial charge in [0, 0.05) is 30.0 Å². The number of benzene rings is 1. The molecule has 5 nitrogen and oxygen atoms in total. The second-order valence-corrected chi connectivity index (χ2v) is 6.27. The lowest BCUT2D eigenvalue weighted by Gasteiger charge is -2.41. The van der Waals surface area contributed by atoms with Gasteiger partial charge >= 0.3 is 0 Å². The fourth-order valence-electron chi connectivity index (χ4n) is 3.32. The number of hydrogen-bond acceptors (Lipinski definition) is 3. The molecule has 0 radical (unpaired) electrons. The topological polar surface area (TPSA) is 50.2 Å². The predicted molar refractivity (Wildman–Crippen MR) is 91.4 cm³/mol. The molecule has 122 valence electrons. The Morgan fingerprint density at radius 1 is 1.30 bits per heavy atom. The van der Waals surface area contributed by atoms with Crippen LogP contribution < -0.4 is 5.32 Å². The van der Waals surface area contributed by atoms with Crippen LogP contribution in [0.4, 0.5) is 5.69 Å². The summed E-state index contributed by atoms with van der Waals surface area (Å²) in [6.07, 6.45) is 0.728. The molecule has 5 heteroatoms. The fourth-order valence-corrected chi connectivity index (χ4v) is 3.32. The minimum Gasteiger partial charge on any atom is -0.361 e. The van der Waals surface area contributed by atoms with Crippen molar-refractivity contribution in [1.29, 1.82) is 0 Å². The van der Waals surface area contributed by atoms with Crippen LogP contribution in [0.1, 0.15) is 53.7 Å². The third kappa shape index (κ3) is 2.40. The van der Waals surface area contributed by atoms with Gasteiger partial charge in [-0.3, -0.25) is 9.48 Å². The molecule has 1 amide bonds. The molecule has 2 aromatic rings. The first-order valence-corrected chi connectivity index (χ1v) is 8.14. The summed E-state index contributed by atoms with van der Waals surface area (Å²) in [6, 6.07) is 7.87. The first kappa shape index (κ1) is 15.6. The van der Waals surface area contributed by atoms with Crippen LogP contribution in [0.15, 0.2) is 24.3 Å². The Hall–Kier alpha value is -2.30. The lowest BCUT2D eigenvalue weighted by atomic mass is 10.00. The lowest BCUT2D eigenvalue weighted by Crippen LogP contribution is -2.47. The van der Waals surface area contributed by atoms with Crippen molar-refractivity contribution in [2.75, 3.05) is 5.32 Å². The molecule has 0 spiro atoms. The second-order valence-electron chi connectivity index (χ2n) is 6.27. The number of carbonyl (C=O) groups is 1. The number of nitrogens with one attached hydrogen (secondary N) is 1. The number of para-hydroxylation sites is 1. The van der Waals surface area contributed by atoms with Crippen LogP contribution in [-0.2, 0) is 7.05 Å². The number of fused-ring (bicyclic) bond motifs is 1. The van der Waals surface area contributed by atoms with E-state index in [0.29, 0.717) is 0 Å². The smallest absolute Gasteiger partial charge is 0.258 e. The number of hydrogen-bond donors (Lipinski definition) is 1. The Morgan fingerprint density at radius 3 is 2.61 bits per heavy atom. The normalized spacial score (nSPS) is 18.6. The molecule has 1 aliphatic rings. The van der Waals surface area contributed by atoms with Gasteiger partial charge in [-0.2, -0.15) is 5.10 Å². The maximum absolute atomic E-state index is 13.1. The van der Waals surface area contributed by atoms with Gasteiger partial charge in [-0.15, -0.1) is 0 Å². The number of anilines is 1. The van der Waals surface area contributed by atoms with Gasteiger partial charge in [-0.05, 0) is 39.3 Å². The fraction of sp³-hybridized carbons (Fsp3) is 0.444. The van der Waals surface area contributed by atoms with Crippen LogP contribution in [0, 0.1) is 13.8 Å². The Labute approximate surface area is 137 Å². The molecule has 2 heterocycles. The van der Waals surface area contributed by atoms with Crippen molar-refractivity contribution in [1.82, 2.24) is 14.7 Å². The zero-order valence-corrected chi connectivity index (χ0v) is 14.4. The van der Waals surface area contributed by atoms with Gasteiger partial charge in [0.1, 0.15) is 6.17 Å². The number of rotatable bonds is 3. The van der Waals surface area contributed by atoms with Gasteiger partial charge in [0.15, 0.2) is 0 Å². The van der Waals surface area contributed by atoms with E-state index in [1.54, 1.807) is 0 Å². The van der Waals surface area contributed by atoms with E-state index in [1.807, 2.05) is 47.8 Å². The maximum atomic E-state index is 13.1. The highest BCUT2D eigenvalue weighted by Gasteiger charge is 2.37. The van der Waals surface area contributed by atoms with Crippen LogP contribution in [0.5, 0.6) is 0 Å². The summed E-state index contributed by atoms with van der Waals surface area (Å²) >= 11 is 0. The molecule has 0 unspecified atom stereocenters. The third-order valence-electron chi connectivity index (χ3n) is 4.87. The minimum absolute atomic E-state index is 0.0846. The number of nitrogens with zero attached hydrogens (tertiary/aromatic N) is 3. The Kier molecular flexibility index (Phi) is 3.88. The molecule has 1 N–H and O–H groups in total. The summed E-state index contributed by atoms with van der Waals surface area (Å²) in [6.45, 7) is 8.26. The van der Waals surface area contributed by atoms with E-state index in [1.165, 1.54) is 0 Å². The molecule has 0 saturated heterocycles. The van der Waals surface area contributed by atoms with Crippen molar-refractivity contribution in [2.24, 2.45) is 7.05 Å². The van der Waals surface area contributed by atoms with Crippen molar-refractivity contribution in [2.45, 2.75) is 46.3 Å². The molecule has 1 aliphatic heterocycles.